The molecule has 1 aliphatic rings. The molecule has 4 rings (SSSR count). The second-order valence-electron chi connectivity index (χ2n) is 5.73. The van der Waals surface area contributed by atoms with Crippen molar-refractivity contribution in [3.05, 3.63) is 53.6 Å². The predicted molar refractivity (Wildman–Crippen MR) is 96.9 cm³/mol. The number of thioether (sulfide) groups is 1. The zero-order chi connectivity index (χ0) is 17.8. The minimum atomic E-state index is 0.587. The molecule has 0 N–H and O–H groups in total. The van der Waals surface area contributed by atoms with E-state index in [2.05, 4.69) is 15.5 Å². The van der Waals surface area contributed by atoms with Crippen LogP contribution in [-0.4, -0.2) is 40.5 Å². The van der Waals surface area contributed by atoms with Crippen LogP contribution in [0, 0.1) is 0 Å². The van der Waals surface area contributed by atoms with Crippen LogP contribution in [0.2, 0.25) is 0 Å². The summed E-state index contributed by atoms with van der Waals surface area (Å²) in [6.45, 7) is 1.80. The molecule has 2 aromatic carbocycles. The van der Waals surface area contributed by atoms with Crippen LogP contribution in [0.5, 0.6) is 17.2 Å². The van der Waals surface area contributed by atoms with Crippen LogP contribution in [0.25, 0.3) is 0 Å². The van der Waals surface area contributed by atoms with Gasteiger partial charge in [-0.2, -0.15) is 0 Å². The van der Waals surface area contributed by atoms with E-state index in [1.807, 2.05) is 42.5 Å². The molecular formula is C18H18N4O3S. The van der Waals surface area contributed by atoms with Crippen molar-refractivity contribution < 1.29 is 14.2 Å². The third-order valence-corrected chi connectivity index (χ3v) is 4.99. The lowest BCUT2D eigenvalue weighted by molar-refractivity contribution is 0.171. The van der Waals surface area contributed by atoms with Crippen LogP contribution in [0.4, 0.5) is 0 Å². The minimum absolute atomic E-state index is 0.587. The highest BCUT2D eigenvalue weighted by Gasteiger charge is 2.13. The van der Waals surface area contributed by atoms with Crippen LogP contribution >= 0.6 is 11.8 Å². The molecule has 7 nitrogen and oxygen atoms in total. The Morgan fingerprint density at radius 2 is 1.81 bits per heavy atom. The number of ether oxygens (including phenoxy) is 3. The van der Waals surface area contributed by atoms with Crippen molar-refractivity contribution in [3.63, 3.8) is 0 Å². The van der Waals surface area contributed by atoms with Crippen molar-refractivity contribution in [3.8, 4) is 17.2 Å². The lowest BCUT2D eigenvalue weighted by atomic mass is 10.2. The summed E-state index contributed by atoms with van der Waals surface area (Å²) >= 11 is 1.59. The van der Waals surface area contributed by atoms with Gasteiger partial charge in [-0.05, 0) is 45.8 Å². The summed E-state index contributed by atoms with van der Waals surface area (Å²) in [6, 6.07) is 13.9. The maximum Gasteiger partial charge on any atom is 0.209 e. The normalized spacial score (nSPS) is 12.8. The summed E-state index contributed by atoms with van der Waals surface area (Å²) in [5.74, 6) is 3.18. The summed E-state index contributed by atoms with van der Waals surface area (Å²) in [5, 5.41) is 12.8. The summed E-state index contributed by atoms with van der Waals surface area (Å²) in [5.41, 5.74) is 2.25. The molecule has 0 amide bonds. The highest BCUT2D eigenvalue weighted by atomic mass is 32.2. The van der Waals surface area contributed by atoms with Crippen molar-refractivity contribution in [2.24, 2.45) is 0 Å². The van der Waals surface area contributed by atoms with E-state index in [1.54, 1.807) is 23.6 Å². The first-order valence-electron chi connectivity index (χ1n) is 8.22. The molecule has 1 aromatic heterocycles. The Labute approximate surface area is 155 Å². The molecule has 0 radical (unpaired) electrons. The van der Waals surface area contributed by atoms with Crippen LogP contribution in [-0.2, 0) is 12.3 Å². The van der Waals surface area contributed by atoms with E-state index in [4.69, 9.17) is 14.2 Å². The number of aromatic nitrogens is 4. The molecule has 0 spiro atoms. The quantitative estimate of drug-likeness (QED) is 0.618. The molecule has 0 fully saturated rings. The molecular weight excluding hydrogens is 352 g/mol. The maximum atomic E-state index is 5.63. The first kappa shape index (κ1) is 16.7. The van der Waals surface area contributed by atoms with Gasteiger partial charge in [0.1, 0.15) is 19.0 Å². The first-order chi connectivity index (χ1) is 12.8. The van der Waals surface area contributed by atoms with Gasteiger partial charge >= 0.3 is 0 Å². The van der Waals surface area contributed by atoms with E-state index in [0.29, 0.717) is 19.8 Å². The molecule has 26 heavy (non-hydrogen) atoms. The van der Waals surface area contributed by atoms with E-state index in [1.165, 1.54) is 0 Å². The van der Waals surface area contributed by atoms with Gasteiger partial charge in [-0.25, -0.2) is 4.68 Å². The van der Waals surface area contributed by atoms with E-state index in [9.17, 15) is 0 Å². The lowest BCUT2D eigenvalue weighted by Crippen LogP contribution is -2.15. The predicted octanol–water partition coefficient (Wildman–Crippen LogP) is 2.79. The number of benzene rings is 2. The Hall–Kier alpha value is -2.74. The SMILES string of the molecule is COc1ccc(Cn2nnnc2SCc2ccc3c(c2)OCCO3)cc1. The molecule has 0 atom stereocenters. The van der Waals surface area contributed by atoms with Gasteiger partial charge in [-0.15, -0.1) is 5.10 Å². The fourth-order valence-electron chi connectivity index (χ4n) is 2.63. The summed E-state index contributed by atoms with van der Waals surface area (Å²) < 4.78 is 18.2. The van der Waals surface area contributed by atoms with Gasteiger partial charge in [0.15, 0.2) is 11.5 Å². The number of nitrogens with zero attached hydrogens (tertiary/aromatic N) is 4. The van der Waals surface area contributed by atoms with Crippen molar-refractivity contribution in [1.29, 1.82) is 0 Å². The van der Waals surface area contributed by atoms with Gasteiger partial charge in [0, 0.05) is 5.75 Å². The van der Waals surface area contributed by atoms with Crippen molar-refractivity contribution >= 4 is 11.8 Å². The zero-order valence-electron chi connectivity index (χ0n) is 14.3. The number of hydrogen-bond donors (Lipinski definition) is 0. The maximum absolute atomic E-state index is 5.63. The fourth-order valence-corrected chi connectivity index (χ4v) is 3.45. The summed E-state index contributed by atoms with van der Waals surface area (Å²) in [6.07, 6.45) is 0. The van der Waals surface area contributed by atoms with Crippen LogP contribution in [0.3, 0.4) is 0 Å². The number of fused-ring (bicyclic) bond motifs is 1. The van der Waals surface area contributed by atoms with Gasteiger partial charge < -0.3 is 14.2 Å². The number of methoxy groups -OCH3 is 1. The highest BCUT2D eigenvalue weighted by molar-refractivity contribution is 7.98. The molecule has 3 aromatic rings. The van der Waals surface area contributed by atoms with Gasteiger partial charge in [0.2, 0.25) is 5.16 Å². The average Bonchev–Trinajstić information content (AvgIpc) is 3.14. The zero-order valence-corrected chi connectivity index (χ0v) is 15.1. The number of tetrazole rings is 1. The smallest absolute Gasteiger partial charge is 0.209 e. The van der Waals surface area contributed by atoms with E-state index in [-0.39, 0.29) is 0 Å². The van der Waals surface area contributed by atoms with E-state index in [0.717, 1.165) is 39.3 Å². The largest absolute Gasteiger partial charge is 0.497 e. The Kier molecular flexibility index (Phi) is 4.92. The van der Waals surface area contributed by atoms with Gasteiger partial charge in [-0.1, -0.05) is 30.0 Å². The molecule has 0 unspecified atom stereocenters. The molecule has 0 saturated carbocycles. The van der Waals surface area contributed by atoms with E-state index < -0.39 is 0 Å². The Morgan fingerprint density at radius 1 is 1.04 bits per heavy atom. The number of rotatable bonds is 6. The third kappa shape index (κ3) is 3.75. The van der Waals surface area contributed by atoms with Crippen LogP contribution < -0.4 is 14.2 Å². The monoisotopic (exact) mass is 370 g/mol. The van der Waals surface area contributed by atoms with E-state index >= 15 is 0 Å². The van der Waals surface area contributed by atoms with Crippen LogP contribution in [0.15, 0.2) is 47.6 Å². The standard InChI is InChI=1S/C18H18N4O3S/c1-23-15-5-2-13(3-6-15)11-22-18(19-20-21-22)26-12-14-4-7-16-17(10-14)25-9-8-24-16/h2-7,10H,8-9,11-12H2,1H3. The average molecular weight is 370 g/mol. The summed E-state index contributed by atoms with van der Waals surface area (Å²) in [7, 11) is 1.66. The molecule has 0 saturated heterocycles. The van der Waals surface area contributed by atoms with Gasteiger partial charge in [0.25, 0.3) is 0 Å². The Bertz CT molecular complexity index is 882. The molecule has 0 bridgehead atoms. The van der Waals surface area contributed by atoms with Crippen molar-refractivity contribution in [2.45, 2.75) is 17.5 Å². The van der Waals surface area contributed by atoms with Gasteiger partial charge in [0.05, 0.1) is 13.7 Å². The number of hydrogen-bond acceptors (Lipinski definition) is 7. The fraction of sp³-hybridized carbons (Fsp3) is 0.278. The molecule has 2 heterocycles. The molecule has 134 valence electrons. The first-order valence-corrected chi connectivity index (χ1v) is 9.21. The lowest BCUT2D eigenvalue weighted by Gasteiger charge is -2.18. The topological polar surface area (TPSA) is 71.3 Å². The highest BCUT2D eigenvalue weighted by Crippen LogP contribution is 2.32. The second kappa shape index (κ2) is 7.65. The Balaban J connectivity index is 1.42. The van der Waals surface area contributed by atoms with Gasteiger partial charge in [-0.3, -0.25) is 0 Å². The third-order valence-electron chi connectivity index (χ3n) is 3.96. The molecule has 0 aliphatic carbocycles. The molecule has 1 aliphatic heterocycles. The molecule has 8 heteroatoms. The Morgan fingerprint density at radius 3 is 2.62 bits per heavy atom. The summed E-state index contributed by atoms with van der Waals surface area (Å²) in [4.78, 5) is 0. The minimum Gasteiger partial charge on any atom is -0.497 e. The van der Waals surface area contributed by atoms with Crippen molar-refractivity contribution in [2.75, 3.05) is 20.3 Å². The second-order valence-corrected chi connectivity index (χ2v) is 6.68. The van der Waals surface area contributed by atoms with Crippen LogP contribution in [0.1, 0.15) is 11.1 Å². The van der Waals surface area contributed by atoms with Crippen molar-refractivity contribution in [1.82, 2.24) is 20.2 Å².